The monoisotopic (exact) mass is 605 g/mol. The number of anilines is 2. The summed E-state index contributed by atoms with van der Waals surface area (Å²) in [4.78, 5) is 24.3. The number of hydrogen-bond acceptors (Lipinski definition) is 9. The first-order valence-electron chi connectivity index (χ1n) is 13.6. The highest BCUT2D eigenvalue weighted by Crippen LogP contribution is 2.59. The van der Waals surface area contributed by atoms with Crippen molar-refractivity contribution in [2.45, 2.75) is 56.3 Å². The van der Waals surface area contributed by atoms with Crippen LogP contribution in [0.5, 0.6) is 5.88 Å². The van der Waals surface area contributed by atoms with Gasteiger partial charge in [0.15, 0.2) is 10.8 Å². The van der Waals surface area contributed by atoms with Crippen molar-refractivity contribution in [1.29, 1.82) is 0 Å². The first kappa shape index (κ1) is 28.2. The zero-order valence-corrected chi connectivity index (χ0v) is 23.8. The van der Waals surface area contributed by atoms with Gasteiger partial charge in [-0.25, -0.2) is 19.4 Å². The molecule has 11 nitrogen and oxygen atoms in total. The molecule has 1 aliphatic carbocycles. The van der Waals surface area contributed by atoms with Gasteiger partial charge in [0.2, 0.25) is 5.88 Å². The molecule has 2 N–H and O–H groups in total. The predicted molar refractivity (Wildman–Crippen MR) is 146 cm³/mol. The second-order valence-electron chi connectivity index (χ2n) is 11.7. The Kier molecular flexibility index (Phi) is 6.62. The van der Waals surface area contributed by atoms with E-state index in [-0.39, 0.29) is 54.1 Å². The second-order valence-corrected chi connectivity index (χ2v) is 13.3. The van der Waals surface area contributed by atoms with E-state index < -0.39 is 33.1 Å². The average molecular weight is 606 g/mol. The maximum Gasteiger partial charge on any atom is 0.394 e. The van der Waals surface area contributed by atoms with E-state index in [2.05, 4.69) is 20.1 Å². The molecule has 1 unspecified atom stereocenters. The third kappa shape index (κ3) is 5.25. The number of carbonyl (C=O) groups is 1. The number of alkyl halides is 3. The van der Waals surface area contributed by atoms with Gasteiger partial charge in [0, 0.05) is 30.9 Å². The standard InChI is InChI=1S/C27H30F3N7O4S/c1-25(2)14-17-15-31-19-4-3-5-22(32-19)42(39,40)35-24(38)18-6-7-20(33-23(18)36(25)16-17)37-12-8-21(34-37)41-13-11-26(9-10-26)27(28,29)30/h3-8,12,17H,9-11,13-16H2,1-2H3,(H,31,32)(H,35,38). The van der Waals surface area contributed by atoms with E-state index in [1.807, 2.05) is 18.7 Å². The van der Waals surface area contributed by atoms with Crippen molar-refractivity contribution < 1.29 is 31.1 Å². The van der Waals surface area contributed by atoms with E-state index >= 15 is 0 Å². The van der Waals surface area contributed by atoms with Gasteiger partial charge in [0.25, 0.3) is 15.9 Å². The van der Waals surface area contributed by atoms with Gasteiger partial charge in [-0.05, 0) is 69.7 Å². The quantitative estimate of drug-likeness (QED) is 0.444. The largest absolute Gasteiger partial charge is 0.477 e. The van der Waals surface area contributed by atoms with E-state index in [9.17, 15) is 26.4 Å². The van der Waals surface area contributed by atoms with E-state index in [1.54, 1.807) is 18.3 Å². The highest BCUT2D eigenvalue weighted by Gasteiger charge is 2.62. The maximum absolute atomic E-state index is 13.4. The molecule has 0 radical (unpaired) electrons. The molecular formula is C27H30F3N7O4S. The fourth-order valence-corrected chi connectivity index (χ4v) is 6.61. The molecule has 1 saturated carbocycles. The van der Waals surface area contributed by atoms with Crippen molar-refractivity contribution >= 4 is 27.6 Å². The van der Waals surface area contributed by atoms with E-state index in [0.29, 0.717) is 24.7 Å². The highest BCUT2D eigenvalue weighted by atomic mass is 32.2. The summed E-state index contributed by atoms with van der Waals surface area (Å²) in [7, 11) is -4.28. The molecule has 1 saturated heterocycles. The summed E-state index contributed by atoms with van der Waals surface area (Å²) in [5.41, 5.74) is -2.03. The summed E-state index contributed by atoms with van der Waals surface area (Å²) in [6.07, 6.45) is -1.85. The van der Waals surface area contributed by atoms with Gasteiger partial charge in [-0.3, -0.25) is 4.79 Å². The molecule has 4 bridgehead atoms. The van der Waals surface area contributed by atoms with Crippen LogP contribution in [0.3, 0.4) is 0 Å². The van der Waals surface area contributed by atoms with Crippen molar-refractivity contribution in [2.24, 2.45) is 11.3 Å². The van der Waals surface area contributed by atoms with Crippen LogP contribution < -0.4 is 19.7 Å². The molecule has 2 fully saturated rings. The van der Waals surface area contributed by atoms with Crippen molar-refractivity contribution in [3.63, 3.8) is 0 Å². The van der Waals surface area contributed by atoms with Gasteiger partial charge in [-0.1, -0.05) is 6.07 Å². The maximum atomic E-state index is 13.4. The number of pyridine rings is 2. The van der Waals surface area contributed by atoms with Crippen LogP contribution in [0.1, 0.15) is 49.9 Å². The number of carbonyl (C=O) groups excluding carboxylic acids is 1. The van der Waals surface area contributed by atoms with Crippen LogP contribution in [0.15, 0.2) is 47.6 Å². The van der Waals surface area contributed by atoms with E-state index in [1.165, 1.54) is 28.9 Å². The van der Waals surface area contributed by atoms with Crippen molar-refractivity contribution in [2.75, 3.05) is 29.9 Å². The van der Waals surface area contributed by atoms with Gasteiger partial charge in [0.1, 0.15) is 11.6 Å². The number of hydrogen-bond donors (Lipinski definition) is 2. The molecule has 224 valence electrons. The lowest BCUT2D eigenvalue weighted by Gasteiger charge is -2.33. The number of rotatable bonds is 5. The van der Waals surface area contributed by atoms with Crippen LogP contribution in [0.2, 0.25) is 0 Å². The lowest BCUT2D eigenvalue weighted by Crippen LogP contribution is -2.41. The van der Waals surface area contributed by atoms with Crippen LogP contribution >= 0.6 is 0 Å². The number of ether oxygens (including phenoxy) is 1. The number of aromatic nitrogens is 4. The molecular weight excluding hydrogens is 575 g/mol. The summed E-state index contributed by atoms with van der Waals surface area (Å²) in [5.74, 6) is 0.422. The Bertz CT molecular complexity index is 1640. The van der Waals surface area contributed by atoms with Crippen LogP contribution in [0.4, 0.5) is 24.8 Å². The third-order valence-electron chi connectivity index (χ3n) is 8.20. The minimum Gasteiger partial charge on any atom is -0.477 e. The van der Waals surface area contributed by atoms with Gasteiger partial charge in [-0.2, -0.15) is 21.6 Å². The summed E-state index contributed by atoms with van der Waals surface area (Å²) in [5, 5.41) is 7.24. The Morgan fingerprint density at radius 3 is 2.64 bits per heavy atom. The molecule has 3 aliphatic rings. The van der Waals surface area contributed by atoms with Gasteiger partial charge in [-0.15, -0.1) is 5.10 Å². The SMILES string of the molecule is CC1(C)CC2CNc3cccc(n3)S(=O)(=O)NC(=O)c3ccc(-n4ccc(OCCC5(C(F)(F)F)CC5)n4)nc3N1C2. The fourth-order valence-electron chi connectivity index (χ4n) is 5.68. The van der Waals surface area contributed by atoms with Crippen LogP contribution in [-0.2, 0) is 10.0 Å². The topological polar surface area (TPSA) is 131 Å². The number of sulfonamides is 1. The number of amides is 1. The number of nitrogens with one attached hydrogen (secondary N) is 2. The molecule has 0 spiro atoms. The molecule has 42 heavy (non-hydrogen) atoms. The smallest absolute Gasteiger partial charge is 0.394 e. The van der Waals surface area contributed by atoms with Gasteiger partial charge >= 0.3 is 6.18 Å². The molecule has 3 aromatic rings. The summed E-state index contributed by atoms with van der Waals surface area (Å²) in [6.45, 7) is 4.99. The number of fused-ring (bicyclic) bond motifs is 6. The number of nitrogens with zero attached hydrogens (tertiary/aromatic N) is 5. The molecule has 5 heterocycles. The van der Waals surface area contributed by atoms with Crippen LogP contribution in [-0.4, -0.2) is 65.5 Å². The Hall–Kier alpha value is -3.88. The minimum absolute atomic E-state index is 0.0601. The predicted octanol–water partition coefficient (Wildman–Crippen LogP) is 3.92. The normalized spacial score (nSPS) is 22.1. The Labute approximate surface area is 240 Å². The Morgan fingerprint density at radius 1 is 1.12 bits per heavy atom. The number of halogens is 3. The van der Waals surface area contributed by atoms with Crippen LogP contribution in [0, 0.1) is 11.3 Å². The first-order chi connectivity index (χ1) is 19.8. The molecule has 0 aromatic carbocycles. The third-order valence-corrected chi connectivity index (χ3v) is 9.44. The lowest BCUT2D eigenvalue weighted by atomic mass is 9.96. The molecule has 2 aliphatic heterocycles. The first-order valence-corrected chi connectivity index (χ1v) is 15.1. The molecule has 1 amide bonds. The van der Waals surface area contributed by atoms with Crippen molar-refractivity contribution in [1.82, 2.24) is 24.5 Å². The molecule has 3 aromatic heterocycles. The summed E-state index contributed by atoms with van der Waals surface area (Å²) >= 11 is 0. The summed E-state index contributed by atoms with van der Waals surface area (Å²) in [6, 6.07) is 9.07. The van der Waals surface area contributed by atoms with Crippen LogP contribution in [0.25, 0.3) is 5.82 Å². The molecule has 15 heteroatoms. The minimum atomic E-state index is -4.28. The Morgan fingerprint density at radius 2 is 1.90 bits per heavy atom. The highest BCUT2D eigenvalue weighted by molar-refractivity contribution is 7.90. The van der Waals surface area contributed by atoms with E-state index in [0.717, 1.165) is 6.42 Å². The zero-order valence-electron chi connectivity index (χ0n) is 23.0. The zero-order chi connectivity index (χ0) is 29.9. The molecule has 6 rings (SSSR count). The van der Waals surface area contributed by atoms with Crippen molar-refractivity contribution in [3.8, 4) is 11.7 Å². The van der Waals surface area contributed by atoms with E-state index in [4.69, 9.17) is 9.72 Å². The van der Waals surface area contributed by atoms with Gasteiger partial charge < -0.3 is 15.0 Å². The summed E-state index contributed by atoms with van der Waals surface area (Å²) < 4.78 is 74.8. The lowest BCUT2D eigenvalue weighted by molar-refractivity contribution is -0.190. The second kappa shape index (κ2) is 9.85. The van der Waals surface area contributed by atoms with Gasteiger partial charge in [0.05, 0.1) is 17.6 Å². The van der Waals surface area contributed by atoms with Crippen molar-refractivity contribution in [3.05, 3.63) is 48.2 Å². The Balaban J connectivity index is 1.30. The molecule has 1 atom stereocenters. The fraction of sp³-hybridized carbons (Fsp3) is 0.481. The average Bonchev–Trinajstić information content (AvgIpc) is 3.47.